The van der Waals surface area contributed by atoms with E-state index in [9.17, 15) is 5.11 Å². The predicted octanol–water partition coefficient (Wildman–Crippen LogP) is 3.92. The van der Waals surface area contributed by atoms with Crippen molar-refractivity contribution in [1.82, 2.24) is 0 Å². The lowest BCUT2D eigenvalue weighted by Gasteiger charge is -2.38. The molecule has 1 N–H and O–H groups in total. The van der Waals surface area contributed by atoms with Gasteiger partial charge in [0, 0.05) is 10.2 Å². The van der Waals surface area contributed by atoms with Crippen LogP contribution in [0.1, 0.15) is 44.9 Å². The maximum Gasteiger partial charge on any atom is 0.0857 e. The molecule has 0 amide bonds. The molecule has 1 aliphatic heterocycles. The third-order valence-electron chi connectivity index (χ3n) is 3.26. The minimum absolute atomic E-state index is 0.364. The lowest BCUT2D eigenvalue weighted by Crippen LogP contribution is -2.40. The molecule has 1 heterocycles. The molecule has 1 saturated heterocycles. The molecule has 0 radical (unpaired) electrons. The first-order chi connectivity index (χ1) is 7.31. The van der Waals surface area contributed by atoms with E-state index in [4.69, 9.17) is 0 Å². The fourth-order valence-corrected chi connectivity index (χ4v) is 7.49. The lowest BCUT2D eigenvalue weighted by atomic mass is 9.88. The van der Waals surface area contributed by atoms with Gasteiger partial charge < -0.3 is 5.11 Å². The van der Waals surface area contributed by atoms with Crippen molar-refractivity contribution in [3.05, 3.63) is 0 Å². The van der Waals surface area contributed by atoms with Gasteiger partial charge in [-0.05, 0) is 12.8 Å². The third kappa shape index (κ3) is 3.48. The smallest absolute Gasteiger partial charge is 0.0857 e. The van der Waals surface area contributed by atoms with E-state index in [0.717, 1.165) is 12.8 Å². The Kier molecular flexibility index (Phi) is 5.05. The quantitative estimate of drug-likeness (QED) is 0.774. The summed E-state index contributed by atoms with van der Waals surface area (Å²) in [5.41, 5.74) is -0.364. The van der Waals surface area contributed by atoms with Crippen LogP contribution >= 0.6 is 35.3 Å². The summed E-state index contributed by atoms with van der Waals surface area (Å²) in [6.07, 6.45) is 8.52. The minimum atomic E-state index is -0.364. The zero-order valence-electron chi connectivity index (χ0n) is 9.11. The minimum Gasteiger partial charge on any atom is -0.388 e. The molecule has 88 valence electrons. The van der Waals surface area contributed by atoms with Gasteiger partial charge in [-0.15, -0.1) is 35.3 Å². The topological polar surface area (TPSA) is 20.2 Å². The Bertz CT molecular complexity index is 184. The molecule has 2 aliphatic rings. The first-order valence-electron chi connectivity index (χ1n) is 5.85. The molecule has 0 aromatic rings. The molecule has 0 aromatic heterocycles. The van der Waals surface area contributed by atoms with Crippen molar-refractivity contribution in [2.75, 3.05) is 10.2 Å². The predicted molar refractivity (Wildman–Crippen MR) is 73.6 cm³/mol. The van der Waals surface area contributed by atoms with Gasteiger partial charge >= 0.3 is 0 Å². The second kappa shape index (κ2) is 6.08. The summed E-state index contributed by atoms with van der Waals surface area (Å²) in [6.45, 7) is 0. The Hall–Kier alpha value is 1.01. The first-order valence-corrected chi connectivity index (χ1v) is 9.10. The van der Waals surface area contributed by atoms with E-state index >= 15 is 0 Å². The van der Waals surface area contributed by atoms with Crippen LogP contribution in [0.3, 0.4) is 0 Å². The Morgan fingerprint density at radius 2 is 1.40 bits per heavy atom. The molecule has 0 atom stereocenters. The highest BCUT2D eigenvalue weighted by molar-refractivity contribution is 8.32. The van der Waals surface area contributed by atoms with Gasteiger partial charge in [-0.3, -0.25) is 0 Å². The second-order valence-electron chi connectivity index (χ2n) is 4.48. The van der Waals surface area contributed by atoms with Crippen LogP contribution in [0.15, 0.2) is 0 Å². The van der Waals surface area contributed by atoms with E-state index in [0.29, 0.717) is 4.58 Å². The van der Waals surface area contributed by atoms with Gasteiger partial charge in [-0.2, -0.15) is 0 Å². The highest BCUT2D eigenvalue weighted by Gasteiger charge is 2.38. The Labute approximate surface area is 106 Å². The Morgan fingerprint density at radius 3 is 2.00 bits per heavy atom. The Balaban J connectivity index is 1.94. The highest BCUT2D eigenvalue weighted by atomic mass is 32.3. The van der Waals surface area contributed by atoms with E-state index < -0.39 is 0 Å². The van der Waals surface area contributed by atoms with Crippen LogP contribution in [-0.4, -0.2) is 25.5 Å². The average Bonchev–Trinajstić information content (AvgIpc) is 2.25. The molecule has 1 aliphatic carbocycles. The van der Waals surface area contributed by atoms with Crippen LogP contribution < -0.4 is 0 Å². The molecular weight excluding hydrogens is 244 g/mol. The van der Waals surface area contributed by atoms with Crippen LogP contribution in [0.5, 0.6) is 0 Å². The van der Waals surface area contributed by atoms with Crippen LogP contribution in [0.2, 0.25) is 0 Å². The Morgan fingerprint density at radius 1 is 0.867 bits per heavy atom. The molecule has 0 spiro atoms. The largest absolute Gasteiger partial charge is 0.388 e. The molecule has 1 nitrogen and oxygen atoms in total. The summed E-state index contributed by atoms with van der Waals surface area (Å²) in [5, 5.41) is 13.1. The van der Waals surface area contributed by atoms with Crippen molar-refractivity contribution >= 4 is 35.3 Å². The van der Waals surface area contributed by atoms with Gasteiger partial charge in [0.2, 0.25) is 0 Å². The SMILES string of the molecule is OC1(C2SCSCS2)CCCCCCC1. The summed E-state index contributed by atoms with van der Waals surface area (Å²) in [4.78, 5) is 0. The molecular formula is C11H20OS3. The second-order valence-corrected chi connectivity index (χ2v) is 8.68. The highest BCUT2D eigenvalue weighted by Crippen LogP contribution is 2.46. The van der Waals surface area contributed by atoms with E-state index in [1.54, 1.807) is 0 Å². The number of hydrogen-bond donors (Lipinski definition) is 1. The van der Waals surface area contributed by atoms with Crippen LogP contribution in [0.4, 0.5) is 0 Å². The number of aliphatic hydroxyl groups is 1. The van der Waals surface area contributed by atoms with Gasteiger partial charge in [0.05, 0.1) is 10.2 Å². The van der Waals surface area contributed by atoms with E-state index in [1.165, 1.54) is 42.3 Å². The fourth-order valence-electron chi connectivity index (χ4n) is 2.37. The molecule has 1 saturated carbocycles. The van der Waals surface area contributed by atoms with Crippen LogP contribution in [0.25, 0.3) is 0 Å². The van der Waals surface area contributed by atoms with E-state index in [2.05, 4.69) is 0 Å². The number of hydrogen-bond acceptors (Lipinski definition) is 4. The zero-order valence-corrected chi connectivity index (χ0v) is 11.6. The molecule has 0 unspecified atom stereocenters. The van der Waals surface area contributed by atoms with Crippen molar-refractivity contribution in [3.63, 3.8) is 0 Å². The summed E-state index contributed by atoms with van der Waals surface area (Å²) in [7, 11) is 0. The van der Waals surface area contributed by atoms with Gasteiger partial charge in [-0.25, -0.2) is 0 Å². The van der Waals surface area contributed by atoms with E-state index in [-0.39, 0.29) is 5.60 Å². The fraction of sp³-hybridized carbons (Fsp3) is 1.00. The summed E-state index contributed by atoms with van der Waals surface area (Å²) >= 11 is 5.91. The van der Waals surface area contributed by atoms with E-state index in [1.807, 2.05) is 35.3 Å². The summed E-state index contributed by atoms with van der Waals surface area (Å²) in [5.74, 6) is 0. The van der Waals surface area contributed by atoms with Crippen molar-refractivity contribution in [2.45, 2.75) is 55.1 Å². The number of rotatable bonds is 1. The normalized spacial score (nSPS) is 29.4. The maximum atomic E-state index is 10.8. The van der Waals surface area contributed by atoms with Gasteiger partial charge in [0.25, 0.3) is 0 Å². The molecule has 2 fully saturated rings. The van der Waals surface area contributed by atoms with Crippen molar-refractivity contribution in [2.24, 2.45) is 0 Å². The average molecular weight is 264 g/mol. The van der Waals surface area contributed by atoms with Gasteiger partial charge in [-0.1, -0.05) is 32.1 Å². The molecule has 15 heavy (non-hydrogen) atoms. The number of thioether (sulfide) groups is 3. The first kappa shape index (κ1) is 12.5. The molecule has 2 rings (SSSR count). The standard InChI is InChI=1S/C11H20OS3/c12-11(10-14-8-13-9-15-10)6-4-2-1-3-5-7-11/h10,12H,1-9H2. The maximum absolute atomic E-state index is 10.8. The lowest BCUT2D eigenvalue weighted by molar-refractivity contribution is 0.0303. The molecule has 4 heteroatoms. The summed E-state index contributed by atoms with van der Waals surface area (Å²) < 4.78 is 0.442. The van der Waals surface area contributed by atoms with Crippen molar-refractivity contribution in [3.8, 4) is 0 Å². The van der Waals surface area contributed by atoms with Crippen LogP contribution in [0, 0.1) is 0 Å². The molecule has 0 bridgehead atoms. The molecule has 0 aromatic carbocycles. The third-order valence-corrected chi connectivity index (χ3v) is 7.99. The van der Waals surface area contributed by atoms with Crippen molar-refractivity contribution in [1.29, 1.82) is 0 Å². The van der Waals surface area contributed by atoms with Crippen molar-refractivity contribution < 1.29 is 5.11 Å². The van der Waals surface area contributed by atoms with Gasteiger partial charge in [0.15, 0.2) is 0 Å². The van der Waals surface area contributed by atoms with Crippen LogP contribution in [-0.2, 0) is 0 Å². The summed E-state index contributed by atoms with van der Waals surface area (Å²) in [6, 6.07) is 0. The zero-order chi connectivity index (χ0) is 10.6. The monoisotopic (exact) mass is 264 g/mol. The van der Waals surface area contributed by atoms with Gasteiger partial charge in [0.1, 0.15) is 0 Å².